The molecule has 1 N–H and O–H groups in total. The predicted octanol–water partition coefficient (Wildman–Crippen LogP) is 1.17. The summed E-state index contributed by atoms with van der Waals surface area (Å²) >= 11 is 0. The van der Waals surface area contributed by atoms with Gasteiger partial charge in [-0.3, -0.25) is 0 Å². The third-order valence-corrected chi connectivity index (χ3v) is 1.12. The molecule has 0 aliphatic heterocycles. The highest BCUT2D eigenvalue weighted by Crippen LogP contribution is 1.95. The van der Waals surface area contributed by atoms with Gasteiger partial charge in [-0.25, -0.2) is 4.79 Å². The molecule has 0 amide bonds. The summed E-state index contributed by atoms with van der Waals surface area (Å²) in [5.74, 6) is -0.348. The van der Waals surface area contributed by atoms with Crippen LogP contribution in [0, 0.1) is 5.92 Å². The first-order chi connectivity index (χ1) is 5.02. The van der Waals surface area contributed by atoms with Crippen LogP contribution >= 0.6 is 0 Å². The summed E-state index contributed by atoms with van der Waals surface area (Å²) < 4.78 is 0. The van der Waals surface area contributed by atoms with Crippen LogP contribution in [-0.4, -0.2) is 29.6 Å². The molecule has 0 unspecified atom stereocenters. The van der Waals surface area contributed by atoms with Gasteiger partial charge in [-0.1, -0.05) is 13.8 Å². The molecule has 0 saturated carbocycles. The molecule has 0 aliphatic carbocycles. The van der Waals surface area contributed by atoms with Crippen molar-refractivity contribution in [3.63, 3.8) is 0 Å². The molecule has 0 saturated heterocycles. The smallest absolute Gasteiger partial charge is 0.329 e. The van der Waals surface area contributed by atoms with Gasteiger partial charge in [0.1, 0.15) is 0 Å². The Morgan fingerprint density at radius 3 is 2.55 bits per heavy atom. The number of carboxylic acids is 1. The number of carboxylic acid groups (broad SMARTS) is 1. The standard InChI is InChI=1S/C8H15NO2/c1-7(2)6-9(3)5-4-8(10)11/h4-5,7H,6H2,1-3H3,(H,10,11)/b5-4+. The van der Waals surface area contributed by atoms with Crippen molar-refractivity contribution in [2.75, 3.05) is 13.6 Å². The molecule has 64 valence electrons. The van der Waals surface area contributed by atoms with Crippen molar-refractivity contribution in [3.8, 4) is 0 Å². The molecule has 0 fully saturated rings. The van der Waals surface area contributed by atoms with Crippen molar-refractivity contribution >= 4 is 5.97 Å². The predicted molar refractivity (Wildman–Crippen MR) is 44.2 cm³/mol. The van der Waals surface area contributed by atoms with E-state index in [1.165, 1.54) is 0 Å². The minimum Gasteiger partial charge on any atom is -0.478 e. The van der Waals surface area contributed by atoms with Crippen molar-refractivity contribution in [1.82, 2.24) is 4.90 Å². The van der Waals surface area contributed by atoms with E-state index in [1.54, 1.807) is 6.20 Å². The molecule has 0 spiro atoms. The van der Waals surface area contributed by atoms with E-state index in [1.807, 2.05) is 11.9 Å². The van der Waals surface area contributed by atoms with Gasteiger partial charge in [0.15, 0.2) is 0 Å². The van der Waals surface area contributed by atoms with Crippen molar-refractivity contribution < 1.29 is 9.90 Å². The van der Waals surface area contributed by atoms with E-state index < -0.39 is 5.97 Å². The summed E-state index contributed by atoms with van der Waals surface area (Å²) in [7, 11) is 1.86. The fraction of sp³-hybridized carbons (Fsp3) is 0.625. The minimum absolute atomic E-state index is 0.554. The normalized spacial score (nSPS) is 10.9. The van der Waals surface area contributed by atoms with E-state index in [0.717, 1.165) is 12.6 Å². The summed E-state index contributed by atoms with van der Waals surface area (Å²) in [5.41, 5.74) is 0. The number of carbonyl (C=O) groups is 1. The Bertz CT molecular complexity index is 152. The lowest BCUT2D eigenvalue weighted by Crippen LogP contribution is -2.17. The van der Waals surface area contributed by atoms with E-state index in [9.17, 15) is 4.79 Å². The van der Waals surface area contributed by atoms with E-state index >= 15 is 0 Å². The topological polar surface area (TPSA) is 40.5 Å². The second kappa shape index (κ2) is 4.77. The zero-order chi connectivity index (χ0) is 8.85. The summed E-state index contributed by atoms with van der Waals surface area (Å²) in [6, 6.07) is 0. The van der Waals surface area contributed by atoms with Gasteiger partial charge in [-0.05, 0) is 5.92 Å². The van der Waals surface area contributed by atoms with Gasteiger partial charge in [0.25, 0.3) is 0 Å². The molecule has 0 aromatic carbocycles. The van der Waals surface area contributed by atoms with Gasteiger partial charge in [0, 0.05) is 25.9 Å². The number of rotatable bonds is 4. The van der Waals surface area contributed by atoms with Gasteiger partial charge in [-0.2, -0.15) is 0 Å². The quantitative estimate of drug-likeness (QED) is 0.623. The Morgan fingerprint density at radius 1 is 1.64 bits per heavy atom. The maximum Gasteiger partial charge on any atom is 0.329 e. The zero-order valence-electron chi connectivity index (χ0n) is 7.24. The number of aliphatic carboxylic acids is 1. The molecule has 3 nitrogen and oxygen atoms in total. The highest BCUT2D eigenvalue weighted by Gasteiger charge is 1.96. The fourth-order valence-corrected chi connectivity index (χ4v) is 0.828. The second-order valence-electron chi connectivity index (χ2n) is 2.99. The summed E-state index contributed by atoms with van der Waals surface area (Å²) in [6.07, 6.45) is 2.71. The van der Waals surface area contributed by atoms with Crippen LogP contribution in [0.1, 0.15) is 13.8 Å². The summed E-state index contributed by atoms with van der Waals surface area (Å²) in [5, 5.41) is 8.28. The molecule has 3 heteroatoms. The molecule has 0 rings (SSSR count). The molecule has 0 aromatic rings. The number of hydrogen-bond donors (Lipinski definition) is 1. The number of nitrogens with zero attached hydrogens (tertiary/aromatic N) is 1. The lowest BCUT2D eigenvalue weighted by Gasteiger charge is -2.15. The molecule has 0 radical (unpaired) electrons. The molecular formula is C8H15NO2. The van der Waals surface area contributed by atoms with E-state index in [0.29, 0.717) is 5.92 Å². The molecule has 11 heavy (non-hydrogen) atoms. The van der Waals surface area contributed by atoms with Crippen LogP contribution in [0.25, 0.3) is 0 Å². The van der Waals surface area contributed by atoms with E-state index in [-0.39, 0.29) is 0 Å². The SMILES string of the molecule is CC(C)CN(C)/C=C/C(=O)O. The second-order valence-corrected chi connectivity index (χ2v) is 2.99. The third-order valence-electron chi connectivity index (χ3n) is 1.12. The molecule has 0 heterocycles. The first-order valence-corrected chi connectivity index (χ1v) is 3.63. The van der Waals surface area contributed by atoms with Gasteiger partial charge < -0.3 is 10.0 Å². The van der Waals surface area contributed by atoms with Crippen LogP contribution in [0.15, 0.2) is 12.3 Å². The van der Waals surface area contributed by atoms with Gasteiger partial charge in [0.05, 0.1) is 0 Å². The third kappa shape index (κ3) is 6.90. The Morgan fingerprint density at radius 2 is 2.18 bits per heavy atom. The van der Waals surface area contributed by atoms with Crippen molar-refractivity contribution in [2.24, 2.45) is 5.92 Å². The maximum absolute atomic E-state index is 10.1. The zero-order valence-corrected chi connectivity index (χ0v) is 7.24. The Hall–Kier alpha value is -0.990. The fourth-order valence-electron chi connectivity index (χ4n) is 0.828. The van der Waals surface area contributed by atoms with E-state index in [4.69, 9.17) is 5.11 Å². The van der Waals surface area contributed by atoms with E-state index in [2.05, 4.69) is 13.8 Å². The average molecular weight is 157 g/mol. The van der Waals surface area contributed by atoms with Crippen molar-refractivity contribution in [2.45, 2.75) is 13.8 Å². The Balaban J connectivity index is 3.68. The molecule has 0 atom stereocenters. The van der Waals surface area contributed by atoms with Crippen LogP contribution < -0.4 is 0 Å². The van der Waals surface area contributed by atoms with Crippen molar-refractivity contribution in [1.29, 1.82) is 0 Å². The monoisotopic (exact) mass is 157 g/mol. The highest BCUT2D eigenvalue weighted by atomic mass is 16.4. The molecule has 0 aromatic heterocycles. The van der Waals surface area contributed by atoms with Crippen molar-refractivity contribution in [3.05, 3.63) is 12.3 Å². The molecule has 0 aliphatic rings. The van der Waals surface area contributed by atoms with Crippen LogP contribution in [0.3, 0.4) is 0 Å². The van der Waals surface area contributed by atoms with Crippen LogP contribution in [0.5, 0.6) is 0 Å². The van der Waals surface area contributed by atoms with Crippen LogP contribution in [0.4, 0.5) is 0 Å². The average Bonchev–Trinajstić information content (AvgIpc) is 1.82. The minimum atomic E-state index is -0.902. The summed E-state index contributed by atoms with van der Waals surface area (Å²) in [6.45, 7) is 5.06. The van der Waals surface area contributed by atoms with Gasteiger partial charge in [-0.15, -0.1) is 0 Å². The Labute approximate surface area is 67.3 Å². The Kier molecular flexibility index (Phi) is 4.34. The van der Waals surface area contributed by atoms with Gasteiger partial charge >= 0.3 is 5.97 Å². The lowest BCUT2D eigenvalue weighted by molar-refractivity contribution is -0.131. The first kappa shape index (κ1) is 10.0. The summed E-state index contributed by atoms with van der Waals surface area (Å²) in [4.78, 5) is 11.9. The maximum atomic E-state index is 10.1. The molecular weight excluding hydrogens is 142 g/mol. The van der Waals surface area contributed by atoms with Crippen LogP contribution in [-0.2, 0) is 4.79 Å². The largest absolute Gasteiger partial charge is 0.478 e. The first-order valence-electron chi connectivity index (χ1n) is 3.63. The number of hydrogen-bond acceptors (Lipinski definition) is 2. The van der Waals surface area contributed by atoms with Crippen LogP contribution in [0.2, 0.25) is 0 Å². The lowest BCUT2D eigenvalue weighted by atomic mass is 10.2. The highest BCUT2D eigenvalue weighted by molar-refractivity contribution is 5.79. The van der Waals surface area contributed by atoms with Gasteiger partial charge in [0.2, 0.25) is 0 Å². The molecule has 0 bridgehead atoms.